The Balaban J connectivity index is 3.67. The summed E-state index contributed by atoms with van der Waals surface area (Å²) in [5.41, 5.74) is 6.33. The molecule has 0 amide bonds. The van der Waals surface area contributed by atoms with Gasteiger partial charge >= 0.3 is 0 Å². The van der Waals surface area contributed by atoms with E-state index in [0.29, 0.717) is 5.92 Å². The molecule has 0 aromatic rings. The minimum Gasteiger partial charge on any atom is -0.381 e. The fourth-order valence-corrected chi connectivity index (χ4v) is 1.60. The van der Waals surface area contributed by atoms with Gasteiger partial charge in [0.1, 0.15) is 0 Å². The maximum Gasteiger partial charge on any atom is 0.0489 e. The molecule has 0 aromatic carbocycles. The van der Waals surface area contributed by atoms with Gasteiger partial charge in [-0.05, 0) is 25.2 Å². The van der Waals surface area contributed by atoms with Gasteiger partial charge in [-0.1, -0.05) is 40.5 Å². The number of ether oxygens (including phenoxy) is 1. The second-order valence-electron chi connectivity index (χ2n) is 5.04. The molecule has 0 rings (SSSR count). The van der Waals surface area contributed by atoms with Crippen molar-refractivity contribution in [3.05, 3.63) is 0 Å². The molecule has 0 bridgehead atoms. The predicted octanol–water partition coefficient (Wildman–Crippen LogP) is 3.35. The summed E-state index contributed by atoms with van der Waals surface area (Å²) in [6.07, 6.45) is 5.64. The zero-order chi connectivity index (χ0) is 11.7. The molecule has 0 fully saturated rings. The zero-order valence-corrected chi connectivity index (χ0v) is 11.0. The third-order valence-corrected chi connectivity index (χ3v) is 2.93. The first-order valence-electron chi connectivity index (χ1n) is 6.40. The van der Waals surface area contributed by atoms with Gasteiger partial charge in [-0.2, -0.15) is 0 Å². The van der Waals surface area contributed by atoms with Gasteiger partial charge in [-0.25, -0.2) is 0 Å². The minimum absolute atomic E-state index is 0.00693. The van der Waals surface area contributed by atoms with Gasteiger partial charge in [0.2, 0.25) is 0 Å². The van der Waals surface area contributed by atoms with Crippen molar-refractivity contribution < 1.29 is 4.74 Å². The van der Waals surface area contributed by atoms with E-state index in [0.717, 1.165) is 32.5 Å². The summed E-state index contributed by atoms with van der Waals surface area (Å²) in [7, 11) is 0. The molecule has 1 atom stereocenters. The first-order valence-corrected chi connectivity index (χ1v) is 6.40. The Morgan fingerprint density at radius 1 is 1.20 bits per heavy atom. The van der Waals surface area contributed by atoms with Crippen molar-refractivity contribution in [1.82, 2.24) is 0 Å². The van der Waals surface area contributed by atoms with Crippen LogP contribution in [0.2, 0.25) is 0 Å². The van der Waals surface area contributed by atoms with Gasteiger partial charge in [0.25, 0.3) is 0 Å². The molecule has 0 aromatic heterocycles. The molecule has 0 heterocycles. The first kappa shape index (κ1) is 14.9. The number of nitrogens with two attached hydrogens (primary N) is 1. The molecule has 0 aliphatic heterocycles. The van der Waals surface area contributed by atoms with E-state index >= 15 is 0 Å². The largest absolute Gasteiger partial charge is 0.381 e. The van der Waals surface area contributed by atoms with Crippen molar-refractivity contribution in [2.45, 2.75) is 65.3 Å². The van der Waals surface area contributed by atoms with E-state index in [2.05, 4.69) is 27.7 Å². The van der Waals surface area contributed by atoms with Gasteiger partial charge in [-0.3, -0.25) is 0 Å². The van der Waals surface area contributed by atoms with Crippen molar-refractivity contribution in [2.24, 2.45) is 11.7 Å². The Morgan fingerprint density at radius 2 is 1.87 bits per heavy atom. The van der Waals surface area contributed by atoms with Crippen molar-refractivity contribution in [3.63, 3.8) is 0 Å². The van der Waals surface area contributed by atoms with Crippen LogP contribution in [0.5, 0.6) is 0 Å². The second-order valence-corrected chi connectivity index (χ2v) is 5.04. The summed E-state index contributed by atoms with van der Waals surface area (Å²) in [6.45, 7) is 10.4. The predicted molar refractivity (Wildman–Crippen MR) is 67.0 cm³/mol. The Morgan fingerprint density at radius 3 is 2.33 bits per heavy atom. The van der Waals surface area contributed by atoms with E-state index in [1.165, 1.54) is 12.8 Å². The molecule has 0 aliphatic carbocycles. The Kier molecular flexibility index (Phi) is 8.07. The maximum atomic E-state index is 6.32. The molecule has 0 saturated heterocycles. The molecular weight excluding hydrogens is 186 g/mol. The van der Waals surface area contributed by atoms with Crippen LogP contribution in [0.25, 0.3) is 0 Å². The fourth-order valence-electron chi connectivity index (χ4n) is 1.60. The van der Waals surface area contributed by atoms with Crippen LogP contribution < -0.4 is 5.73 Å². The van der Waals surface area contributed by atoms with E-state index in [4.69, 9.17) is 10.5 Å². The van der Waals surface area contributed by atoms with Crippen LogP contribution in [-0.4, -0.2) is 18.8 Å². The molecule has 0 spiro atoms. The zero-order valence-electron chi connectivity index (χ0n) is 11.0. The highest BCUT2D eigenvalue weighted by Gasteiger charge is 2.21. The first-order chi connectivity index (χ1) is 7.04. The lowest BCUT2D eigenvalue weighted by Crippen LogP contribution is -2.40. The normalized spacial score (nSPS) is 15.6. The molecule has 0 saturated carbocycles. The summed E-state index contributed by atoms with van der Waals surface area (Å²) in [6, 6.07) is 0. The maximum absolute atomic E-state index is 6.32. The van der Waals surface area contributed by atoms with Gasteiger partial charge < -0.3 is 10.5 Å². The SMILES string of the molecule is CCCCC(N)(CC)CCOCC(C)C. The number of unbranched alkanes of at least 4 members (excludes halogenated alkanes) is 1. The second kappa shape index (κ2) is 8.12. The van der Waals surface area contributed by atoms with Gasteiger partial charge in [0.05, 0.1) is 0 Å². The third-order valence-electron chi connectivity index (χ3n) is 2.93. The fraction of sp³-hybridized carbons (Fsp3) is 1.00. The highest BCUT2D eigenvalue weighted by Crippen LogP contribution is 2.19. The smallest absolute Gasteiger partial charge is 0.0489 e. The van der Waals surface area contributed by atoms with E-state index in [-0.39, 0.29) is 5.54 Å². The van der Waals surface area contributed by atoms with Crippen LogP contribution >= 0.6 is 0 Å². The van der Waals surface area contributed by atoms with Gasteiger partial charge in [0, 0.05) is 18.8 Å². The molecule has 2 heteroatoms. The lowest BCUT2D eigenvalue weighted by molar-refractivity contribution is 0.0905. The topological polar surface area (TPSA) is 35.2 Å². The van der Waals surface area contributed by atoms with Crippen LogP contribution in [0.3, 0.4) is 0 Å². The number of hydrogen-bond acceptors (Lipinski definition) is 2. The average Bonchev–Trinajstić information content (AvgIpc) is 2.21. The number of hydrogen-bond donors (Lipinski definition) is 1. The lowest BCUT2D eigenvalue weighted by atomic mass is 9.88. The summed E-state index contributed by atoms with van der Waals surface area (Å²) in [5.74, 6) is 0.620. The molecular formula is C13H29NO. The molecule has 15 heavy (non-hydrogen) atoms. The van der Waals surface area contributed by atoms with E-state index < -0.39 is 0 Å². The van der Waals surface area contributed by atoms with Crippen LogP contribution in [0, 0.1) is 5.92 Å². The van der Waals surface area contributed by atoms with Gasteiger partial charge in [0.15, 0.2) is 0 Å². The van der Waals surface area contributed by atoms with E-state index in [1.54, 1.807) is 0 Å². The number of rotatable bonds is 9. The monoisotopic (exact) mass is 215 g/mol. The van der Waals surface area contributed by atoms with Crippen LogP contribution in [-0.2, 0) is 4.74 Å². The van der Waals surface area contributed by atoms with Crippen LogP contribution in [0.4, 0.5) is 0 Å². The quantitative estimate of drug-likeness (QED) is 0.599. The summed E-state index contributed by atoms with van der Waals surface area (Å²) < 4.78 is 5.59. The van der Waals surface area contributed by atoms with Crippen LogP contribution in [0.15, 0.2) is 0 Å². The standard InChI is InChI=1S/C13H29NO/c1-5-7-8-13(14,6-2)9-10-15-11-12(3)4/h12H,5-11,14H2,1-4H3. The molecule has 0 radical (unpaired) electrons. The van der Waals surface area contributed by atoms with Crippen molar-refractivity contribution in [2.75, 3.05) is 13.2 Å². The third kappa shape index (κ3) is 7.80. The van der Waals surface area contributed by atoms with Gasteiger partial charge in [-0.15, -0.1) is 0 Å². The molecule has 92 valence electrons. The van der Waals surface area contributed by atoms with Crippen molar-refractivity contribution >= 4 is 0 Å². The minimum atomic E-state index is 0.00693. The van der Waals surface area contributed by atoms with E-state index in [1.807, 2.05) is 0 Å². The van der Waals surface area contributed by atoms with Crippen molar-refractivity contribution in [1.29, 1.82) is 0 Å². The molecule has 2 nitrogen and oxygen atoms in total. The molecule has 2 N–H and O–H groups in total. The molecule has 0 aliphatic rings. The highest BCUT2D eigenvalue weighted by molar-refractivity contribution is 4.82. The summed E-state index contributed by atoms with van der Waals surface area (Å²) in [4.78, 5) is 0. The van der Waals surface area contributed by atoms with Crippen molar-refractivity contribution in [3.8, 4) is 0 Å². The average molecular weight is 215 g/mol. The highest BCUT2D eigenvalue weighted by atomic mass is 16.5. The summed E-state index contributed by atoms with van der Waals surface area (Å²) >= 11 is 0. The summed E-state index contributed by atoms with van der Waals surface area (Å²) in [5, 5.41) is 0. The Labute approximate surface area is 95.6 Å². The van der Waals surface area contributed by atoms with E-state index in [9.17, 15) is 0 Å². The Hall–Kier alpha value is -0.0800. The van der Waals surface area contributed by atoms with Crippen LogP contribution in [0.1, 0.15) is 59.8 Å². The Bertz CT molecular complexity index is 147. The molecule has 1 unspecified atom stereocenters. The lowest BCUT2D eigenvalue weighted by Gasteiger charge is -2.28.